The molecule has 53 heavy (non-hydrogen) atoms. The molecule has 4 saturated heterocycles. The Morgan fingerprint density at radius 2 is 0.755 bits per heavy atom. The molecular weight excluding hydrogens is 690 g/mol. The van der Waals surface area contributed by atoms with Crippen LogP contribution in [0.15, 0.2) is 0 Å². The molecule has 0 saturated carbocycles. The molecule has 0 aromatic rings. The Morgan fingerprint density at radius 3 is 1.04 bits per heavy atom. The zero-order valence-corrected chi connectivity index (χ0v) is 31.4. The molecule has 8 atom stereocenters. The minimum atomic E-state index is -1.02. The lowest BCUT2D eigenvalue weighted by Gasteiger charge is -2.31. The Kier molecular flexibility index (Phi) is 13.9. The summed E-state index contributed by atoms with van der Waals surface area (Å²) in [6.07, 6.45) is 3.95. The molecule has 0 unspecified atom stereocenters. The predicted molar refractivity (Wildman–Crippen MR) is 189 cm³/mol. The Labute approximate surface area is 309 Å². The van der Waals surface area contributed by atoms with E-state index in [1.54, 1.807) is 6.92 Å². The zero-order valence-electron chi connectivity index (χ0n) is 31.4. The summed E-state index contributed by atoms with van der Waals surface area (Å²) < 4.78 is 0. The number of likely N-dealkylation sites (tertiary alicyclic amines) is 4. The third kappa shape index (κ3) is 9.50. The number of carbonyl (C=O) groups is 9. The van der Waals surface area contributed by atoms with Gasteiger partial charge in [-0.1, -0.05) is 0 Å². The first-order valence-corrected chi connectivity index (χ1v) is 18.7. The van der Waals surface area contributed by atoms with Crippen molar-refractivity contribution in [3.8, 4) is 0 Å². The van der Waals surface area contributed by atoms with Gasteiger partial charge in [0.05, 0.1) is 12.6 Å². The van der Waals surface area contributed by atoms with Gasteiger partial charge in [-0.15, -0.1) is 0 Å². The molecule has 4 rings (SSSR count). The molecule has 4 aliphatic heterocycles. The molecule has 18 heteroatoms. The maximum atomic E-state index is 13.6. The van der Waals surface area contributed by atoms with Crippen LogP contribution in [0.25, 0.3) is 0 Å². The molecule has 4 fully saturated rings. The smallest absolute Gasteiger partial charge is 0.245 e. The number of carbonyl (C=O) groups excluding carboxylic acids is 9. The van der Waals surface area contributed by atoms with Gasteiger partial charge in [0.1, 0.15) is 42.3 Å². The van der Waals surface area contributed by atoms with E-state index in [2.05, 4.69) is 21.3 Å². The van der Waals surface area contributed by atoms with Crippen molar-refractivity contribution in [1.82, 2.24) is 40.9 Å². The van der Waals surface area contributed by atoms with Gasteiger partial charge in [0.15, 0.2) is 5.78 Å². The lowest BCUT2D eigenvalue weighted by Crippen LogP contribution is -2.58. The number of ketones is 1. The van der Waals surface area contributed by atoms with Crippen molar-refractivity contribution in [1.29, 1.82) is 0 Å². The van der Waals surface area contributed by atoms with Crippen molar-refractivity contribution < 1.29 is 43.2 Å². The molecule has 294 valence electrons. The first-order valence-electron chi connectivity index (χ1n) is 18.7. The highest BCUT2D eigenvalue weighted by atomic mass is 16.2. The van der Waals surface area contributed by atoms with Crippen molar-refractivity contribution in [2.45, 2.75) is 134 Å². The Hall–Kier alpha value is -4.61. The summed E-state index contributed by atoms with van der Waals surface area (Å²) in [6.45, 7) is 8.50. The molecule has 0 aliphatic carbocycles. The third-order valence-electron chi connectivity index (χ3n) is 10.6. The topological polar surface area (TPSA) is 241 Å². The number of nitrogens with two attached hydrogens (primary N) is 1. The number of nitrogens with one attached hydrogen (secondary N) is 4. The standard InChI is InChI=1S/C35H55N9O9/c1-19(37-23(5)45)32(50)42-15-7-11-25(42)29(47)39-21(3)34(52)44-17-9-13-27(44)31(49)40-22(4)35(53)43-16-8-12-26(43)30(48)38-20(2)33(51)41-14-6-10-24(41)28(46)18-36/h19-22,24-27H,6-18,36H2,1-5H3,(H,37,45)(H,38,48)(H,39,47)(H,40,49)/t19-,20-,21-,22-,24+,25+,26+,27+/m1/s1. The fourth-order valence-electron chi connectivity index (χ4n) is 7.89. The van der Waals surface area contributed by atoms with E-state index < -0.39 is 89.7 Å². The number of nitrogens with zero attached hydrogens (tertiary/aromatic N) is 4. The van der Waals surface area contributed by atoms with Gasteiger partial charge in [-0.3, -0.25) is 43.2 Å². The van der Waals surface area contributed by atoms with Crippen LogP contribution in [0.4, 0.5) is 0 Å². The summed E-state index contributed by atoms with van der Waals surface area (Å²) in [6, 6.07) is -6.92. The van der Waals surface area contributed by atoms with E-state index in [0.29, 0.717) is 64.5 Å². The predicted octanol–water partition coefficient (Wildman–Crippen LogP) is -2.48. The highest BCUT2D eigenvalue weighted by Gasteiger charge is 2.43. The lowest BCUT2D eigenvalue weighted by atomic mass is 10.1. The largest absolute Gasteiger partial charge is 0.345 e. The van der Waals surface area contributed by atoms with Crippen LogP contribution in [-0.2, 0) is 43.2 Å². The number of hydrogen-bond donors (Lipinski definition) is 5. The number of Topliss-reactive ketones (excluding diaryl/α,β-unsaturated/α-hetero) is 1. The molecule has 0 spiro atoms. The van der Waals surface area contributed by atoms with E-state index in [4.69, 9.17) is 5.73 Å². The van der Waals surface area contributed by atoms with Crippen molar-refractivity contribution in [2.24, 2.45) is 5.73 Å². The normalized spacial score (nSPS) is 24.9. The summed E-state index contributed by atoms with van der Waals surface area (Å²) in [4.78, 5) is 122. The molecular formula is C35H55N9O9. The molecule has 8 amide bonds. The van der Waals surface area contributed by atoms with E-state index in [1.807, 2.05) is 0 Å². The molecule has 4 heterocycles. The highest BCUT2D eigenvalue weighted by Crippen LogP contribution is 2.23. The number of hydrogen-bond acceptors (Lipinski definition) is 10. The molecule has 6 N–H and O–H groups in total. The highest BCUT2D eigenvalue weighted by molar-refractivity contribution is 5.98. The van der Waals surface area contributed by atoms with E-state index in [1.165, 1.54) is 47.3 Å². The van der Waals surface area contributed by atoms with Crippen molar-refractivity contribution in [2.75, 3.05) is 32.7 Å². The second kappa shape index (κ2) is 17.9. The summed E-state index contributed by atoms with van der Waals surface area (Å²) in [7, 11) is 0. The van der Waals surface area contributed by atoms with Crippen LogP contribution < -0.4 is 27.0 Å². The van der Waals surface area contributed by atoms with E-state index in [9.17, 15) is 43.2 Å². The molecule has 18 nitrogen and oxygen atoms in total. The molecule has 0 bridgehead atoms. The maximum absolute atomic E-state index is 13.6. The van der Waals surface area contributed by atoms with Crippen LogP contribution in [0.3, 0.4) is 0 Å². The monoisotopic (exact) mass is 745 g/mol. The minimum Gasteiger partial charge on any atom is -0.345 e. The van der Waals surface area contributed by atoms with Gasteiger partial charge >= 0.3 is 0 Å². The average molecular weight is 746 g/mol. The van der Waals surface area contributed by atoms with Crippen LogP contribution in [-0.4, -0.2) is 154 Å². The summed E-state index contributed by atoms with van der Waals surface area (Å²) >= 11 is 0. The van der Waals surface area contributed by atoms with Crippen molar-refractivity contribution in [3.63, 3.8) is 0 Å². The van der Waals surface area contributed by atoms with Crippen LogP contribution in [0, 0.1) is 0 Å². The SMILES string of the molecule is CC(=O)N[C@H](C)C(=O)N1CCC[C@H]1C(=O)N[C@H](C)C(=O)N1CCC[C@H]1C(=O)N[C@H](C)C(=O)N1CCC[C@H]1C(=O)N[C@H](C)C(=O)N1CCC[C@H]1C(=O)CN. The lowest BCUT2D eigenvalue weighted by molar-refractivity contribution is -0.145. The minimum absolute atomic E-state index is 0.178. The molecule has 0 radical (unpaired) electrons. The fourth-order valence-corrected chi connectivity index (χ4v) is 7.89. The van der Waals surface area contributed by atoms with Gasteiger partial charge in [0.25, 0.3) is 0 Å². The van der Waals surface area contributed by atoms with Gasteiger partial charge in [-0.2, -0.15) is 0 Å². The zero-order chi connectivity index (χ0) is 39.1. The van der Waals surface area contributed by atoms with Gasteiger partial charge in [0, 0.05) is 33.1 Å². The Bertz CT molecular complexity index is 1470. The van der Waals surface area contributed by atoms with E-state index in [0.717, 1.165) is 0 Å². The van der Waals surface area contributed by atoms with Gasteiger partial charge in [0.2, 0.25) is 47.3 Å². The van der Waals surface area contributed by atoms with Crippen LogP contribution >= 0.6 is 0 Å². The van der Waals surface area contributed by atoms with Gasteiger partial charge < -0.3 is 46.6 Å². The maximum Gasteiger partial charge on any atom is 0.245 e. The second-order valence-electron chi connectivity index (χ2n) is 14.5. The van der Waals surface area contributed by atoms with Crippen LogP contribution in [0.1, 0.15) is 86.0 Å². The summed E-state index contributed by atoms with van der Waals surface area (Å²) in [5.74, 6) is -3.91. The van der Waals surface area contributed by atoms with Crippen molar-refractivity contribution >= 4 is 53.0 Å². The van der Waals surface area contributed by atoms with Crippen LogP contribution in [0.5, 0.6) is 0 Å². The number of amides is 8. The van der Waals surface area contributed by atoms with Crippen LogP contribution in [0.2, 0.25) is 0 Å². The molecule has 4 aliphatic rings. The molecule has 0 aromatic heterocycles. The average Bonchev–Trinajstić information content (AvgIpc) is 3.95. The third-order valence-corrected chi connectivity index (χ3v) is 10.6. The fraction of sp³-hybridized carbons (Fsp3) is 0.743. The molecule has 0 aromatic carbocycles. The van der Waals surface area contributed by atoms with E-state index in [-0.39, 0.29) is 31.3 Å². The second-order valence-corrected chi connectivity index (χ2v) is 14.5. The van der Waals surface area contributed by atoms with E-state index >= 15 is 0 Å². The Balaban J connectivity index is 1.30. The first-order chi connectivity index (χ1) is 25.1. The summed E-state index contributed by atoms with van der Waals surface area (Å²) in [5.41, 5.74) is 5.51. The Morgan fingerprint density at radius 1 is 0.491 bits per heavy atom. The summed E-state index contributed by atoms with van der Waals surface area (Å²) in [5, 5.41) is 10.6. The quantitative estimate of drug-likeness (QED) is 0.133. The van der Waals surface area contributed by atoms with Gasteiger partial charge in [-0.25, -0.2) is 0 Å². The van der Waals surface area contributed by atoms with Gasteiger partial charge in [-0.05, 0) is 79.1 Å². The first kappa shape index (κ1) is 41.2. The van der Waals surface area contributed by atoms with Crippen molar-refractivity contribution in [3.05, 3.63) is 0 Å². The number of rotatable bonds is 13.